The zero-order valence-corrected chi connectivity index (χ0v) is 13.9. The standard InChI is InChI=1S/C15H19NO3S2/c1-4-15(2,3)11-7-8-13(17)12(10-11)16-21(18,19)14-6-5-9-20-14/h5-10,16-17H,4H2,1-3H3. The highest BCUT2D eigenvalue weighted by molar-refractivity contribution is 7.94. The van der Waals surface area contributed by atoms with Crippen LogP contribution in [0.4, 0.5) is 5.69 Å². The smallest absolute Gasteiger partial charge is 0.271 e. The summed E-state index contributed by atoms with van der Waals surface area (Å²) in [5, 5.41) is 11.6. The first-order valence-electron chi connectivity index (χ1n) is 6.66. The van der Waals surface area contributed by atoms with Crippen molar-refractivity contribution in [3.8, 4) is 5.75 Å². The number of sulfonamides is 1. The van der Waals surface area contributed by atoms with E-state index in [1.165, 1.54) is 12.1 Å². The lowest BCUT2D eigenvalue weighted by molar-refractivity contribution is 0.474. The summed E-state index contributed by atoms with van der Waals surface area (Å²) in [6, 6.07) is 8.25. The Hall–Kier alpha value is -1.53. The number of phenols is 1. The SMILES string of the molecule is CCC(C)(C)c1ccc(O)c(NS(=O)(=O)c2cccs2)c1. The Morgan fingerprint density at radius 1 is 1.29 bits per heavy atom. The maximum absolute atomic E-state index is 12.2. The van der Waals surface area contributed by atoms with Gasteiger partial charge in [0.2, 0.25) is 0 Å². The Balaban J connectivity index is 2.39. The van der Waals surface area contributed by atoms with Gasteiger partial charge in [0.05, 0.1) is 5.69 Å². The van der Waals surface area contributed by atoms with Gasteiger partial charge in [0.25, 0.3) is 10.0 Å². The first-order valence-corrected chi connectivity index (χ1v) is 9.02. The van der Waals surface area contributed by atoms with Crippen LogP contribution in [0.3, 0.4) is 0 Å². The zero-order chi connectivity index (χ0) is 15.7. The number of nitrogens with one attached hydrogen (secondary N) is 1. The Kier molecular flexibility index (Phi) is 4.30. The van der Waals surface area contributed by atoms with E-state index < -0.39 is 10.0 Å². The van der Waals surface area contributed by atoms with Crippen molar-refractivity contribution in [1.29, 1.82) is 0 Å². The van der Waals surface area contributed by atoms with Crippen LogP contribution < -0.4 is 4.72 Å². The van der Waals surface area contributed by atoms with E-state index in [-0.39, 0.29) is 21.1 Å². The third-order valence-corrected chi connectivity index (χ3v) is 6.43. The molecular formula is C15H19NO3S2. The van der Waals surface area contributed by atoms with E-state index in [9.17, 15) is 13.5 Å². The molecule has 2 aromatic rings. The summed E-state index contributed by atoms with van der Waals surface area (Å²) in [5.74, 6) is -0.0780. The zero-order valence-electron chi connectivity index (χ0n) is 12.3. The lowest BCUT2D eigenvalue weighted by Crippen LogP contribution is -2.17. The molecule has 0 atom stereocenters. The van der Waals surface area contributed by atoms with Gasteiger partial charge in [-0.15, -0.1) is 11.3 Å². The van der Waals surface area contributed by atoms with Crippen molar-refractivity contribution in [2.24, 2.45) is 0 Å². The topological polar surface area (TPSA) is 66.4 Å². The van der Waals surface area contributed by atoms with Crippen molar-refractivity contribution >= 4 is 27.0 Å². The van der Waals surface area contributed by atoms with Crippen LogP contribution in [0.15, 0.2) is 39.9 Å². The van der Waals surface area contributed by atoms with Gasteiger partial charge in [-0.05, 0) is 41.0 Å². The summed E-state index contributed by atoms with van der Waals surface area (Å²) in [6.07, 6.45) is 0.912. The quantitative estimate of drug-likeness (QED) is 0.818. The van der Waals surface area contributed by atoms with Gasteiger partial charge in [-0.3, -0.25) is 4.72 Å². The van der Waals surface area contributed by atoms with E-state index in [4.69, 9.17) is 0 Å². The third kappa shape index (κ3) is 3.39. The van der Waals surface area contributed by atoms with E-state index in [1.807, 2.05) is 6.07 Å². The van der Waals surface area contributed by atoms with Crippen molar-refractivity contribution in [2.75, 3.05) is 4.72 Å². The molecule has 0 aliphatic heterocycles. The fourth-order valence-electron chi connectivity index (χ4n) is 1.85. The normalized spacial score (nSPS) is 12.3. The molecule has 1 aromatic heterocycles. The molecule has 21 heavy (non-hydrogen) atoms. The van der Waals surface area contributed by atoms with Crippen LogP contribution in [0.1, 0.15) is 32.8 Å². The predicted molar refractivity (Wildman–Crippen MR) is 86.6 cm³/mol. The Morgan fingerprint density at radius 3 is 2.57 bits per heavy atom. The molecule has 6 heteroatoms. The minimum absolute atomic E-state index is 0.0780. The van der Waals surface area contributed by atoms with E-state index in [2.05, 4.69) is 25.5 Å². The van der Waals surface area contributed by atoms with E-state index in [0.29, 0.717) is 0 Å². The molecule has 1 aromatic carbocycles. The number of anilines is 1. The first kappa shape index (κ1) is 15.9. The number of hydrogen-bond acceptors (Lipinski definition) is 4. The van der Waals surface area contributed by atoms with E-state index in [0.717, 1.165) is 23.3 Å². The van der Waals surface area contributed by atoms with Crippen LogP contribution in [0, 0.1) is 0 Å². The number of phenolic OH excluding ortho intramolecular Hbond substituents is 1. The molecule has 0 saturated heterocycles. The van der Waals surface area contributed by atoms with Crippen molar-refractivity contribution in [3.05, 3.63) is 41.3 Å². The van der Waals surface area contributed by atoms with Gasteiger partial charge in [0, 0.05) is 0 Å². The number of aromatic hydroxyl groups is 1. The van der Waals surface area contributed by atoms with E-state index >= 15 is 0 Å². The molecule has 0 fully saturated rings. The molecule has 0 unspecified atom stereocenters. The minimum Gasteiger partial charge on any atom is -0.506 e. The average molecular weight is 325 g/mol. The number of hydrogen-bond donors (Lipinski definition) is 2. The Morgan fingerprint density at radius 2 is 2.00 bits per heavy atom. The van der Waals surface area contributed by atoms with Crippen molar-refractivity contribution < 1.29 is 13.5 Å². The van der Waals surface area contributed by atoms with Gasteiger partial charge >= 0.3 is 0 Å². The minimum atomic E-state index is -3.65. The van der Waals surface area contributed by atoms with Crippen LogP contribution in [-0.4, -0.2) is 13.5 Å². The molecule has 1 heterocycles. The largest absolute Gasteiger partial charge is 0.506 e. The van der Waals surface area contributed by atoms with Crippen molar-refractivity contribution in [2.45, 2.75) is 36.8 Å². The van der Waals surface area contributed by atoms with Crippen molar-refractivity contribution in [3.63, 3.8) is 0 Å². The van der Waals surface area contributed by atoms with Gasteiger partial charge in [-0.2, -0.15) is 0 Å². The van der Waals surface area contributed by atoms with Gasteiger partial charge < -0.3 is 5.11 Å². The summed E-state index contributed by atoms with van der Waals surface area (Å²) >= 11 is 1.14. The van der Waals surface area contributed by atoms with Gasteiger partial charge in [-0.25, -0.2) is 8.42 Å². The van der Waals surface area contributed by atoms with Crippen LogP contribution in [-0.2, 0) is 15.4 Å². The molecule has 0 spiro atoms. The lowest BCUT2D eigenvalue weighted by Gasteiger charge is -2.24. The molecule has 2 rings (SSSR count). The monoisotopic (exact) mass is 325 g/mol. The maximum atomic E-state index is 12.2. The predicted octanol–water partition coefficient (Wildman–Crippen LogP) is 3.94. The van der Waals surface area contributed by atoms with Gasteiger partial charge in [0.1, 0.15) is 9.96 Å². The van der Waals surface area contributed by atoms with Crippen LogP contribution in [0.5, 0.6) is 5.75 Å². The second-order valence-corrected chi connectivity index (χ2v) is 8.36. The average Bonchev–Trinajstić information content (AvgIpc) is 2.95. The Labute approximate surface area is 129 Å². The molecule has 0 aliphatic carbocycles. The lowest BCUT2D eigenvalue weighted by atomic mass is 9.82. The fraction of sp³-hybridized carbons (Fsp3) is 0.333. The summed E-state index contributed by atoms with van der Waals surface area (Å²) in [7, 11) is -3.65. The van der Waals surface area contributed by atoms with E-state index in [1.54, 1.807) is 17.5 Å². The molecule has 0 saturated carbocycles. The fourth-order valence-corrected chi connectivity index (χ4v) is 3.91. The molecule has 2 N–H and O–H groups in total. The molecular weight excluding hydrogens is 306 g/mol. The summed E-state index contributed by atoms with van der Waals surface area (Å²) in [5.41, 5.74) is 1.10. The van der Waals surface area contributed by atoms with Crippen LogP contribution >= 0.6 is 11.3 Å². The second kappa shape index (κ2) is 5.69. The first-order chi connectivity index (χ1) is 9.76. The summed E-state index contributed by atoms with van der Waals surface area (Å²) in [6.45, 7) is 6.23. The number of thiophene rings is 1. The van der Waals surface area contributed by atoms with Gasteiger partial charge in [0.15, 0.2) is 0 Å². The highest BCUT2D eigenvalue weighted by Crippen LogP contribution is 2.34. The van der Waals surface area contributed by atoms with Crippen LogP contribution in [0.25, 0.3) is 0 Å². The highest BCUT2D eigenvalue weighted by Gasteiger charge is 2.22. The molecule has 0 radical (unpaired) electrons. The van der Waals surface area contributed by atoms with Crippen LogP contribution in [0.2, 0.25) is 0 Å². The highest BCUT2D eigenvalue weighted by atomic mass is 32.2. The molecule has 0 amide bonds. The molecule has 4 nitrogen and oxygen atoms in total. The number of benzene rings is 1. The maximum Gasteiger partial charge on any atom is 0.271 e. The number of rotatable bonds is 5. The second-order valence-electron chi connectivity index (χ2n) is 5.51. The summed E-state index contributed by atoms with van der Waals surface area (Å²) < 4.78 is 27.1. The molecule has 0 aliphatic rings. The molecule has 114 valence electrons. The van der Waals surface area contributed by atoms with Gasteiger partial charge in [-0.1, -0.05) is 32.9 Å². The summed E-state index contributed by atoms with van der Waals surface area (Å²) in [4.78, 5) is 0. The molecule has 0 bridgehead atoms. The Bertz CT molecular complexity index is 719. The van der Waals surface area contributed by atoms with Crippen molar-refractivity contribution in [1.82, 2.24) is 0 Å². The third-order valence-electron chi connectivity index (χ3n) is 3.67.